The summed E-state index contributed by atoms with van der Waals surface area (Å²) in [5.41, 5.74) is 2.90. The van der Waals surface area contributed by atoms with Crippen LogP contribution in [0.2, 0.25) is 0 Å². The van der Waals surface area contributed by atoms with Crippen LogP contribution in [0.25, 0.3) is 0 Å². The Bertz CT molecular complexity index is 401. The molecule has 2 heteroatoms. The van der Waals surface area contributed by atoms with Crippen molar-refractivity contribution in [3.8, 4) is 0 Å². The van der Waals surface area contributed by atoms with Crippen LogP contribution < -0.4 is 5.32 Å². The highest BCUT2D eigenvalue weighted by atomic mass is 16.1. The zero-order valence-electron chi connectivity index (χ0n) is 11.1. The number of carbonyl (C=O) groups is 1. The monoisotopic (exact) mass is 231 g/mol. The second kappa shape index (κ2) is 6.24. The summed E-state index contributed by atoms with van der Waals surface area (Å²) in [5, 5.41) is 2.89. The Hall–Kier alpha value is -1.57. The first-order valence-corrected chi connectivity index (χ1v) is 6.12. The van der Waals surface area contributed by atoms with Gasteiger partial charge in [-0.25, -0.2) is 0 Å². The fraction of sp³-hybridized carbons (Fsp3) is 0.400. The molecule has 0 radical (unpaired) electrons. The number of rotatable bonds is 4. The molecule has 0 unspecified atom stereocenters. The fourth-order valence-corrected chi connectivity index (χ4v) is 1.58. The SMILES string of the molecule is CCC=C(C)C(=O)Nc1ccc(C(C)C)cc1. The van der Waals surface area contributed by atoms with Gasteiger partial charge in [0.1, 0.15) is 0 Å². The lowest BCUT2D eigenvalue weighted by Crippen LogP contribution is -2.12. The average Bonchev–Trinajstić information content (AvgIpc) is 2.30. The minimum atomic E-state index is -0.0239. The highest BCUT2D eigenvalue weighted by Crippen LogP contribution is 2.17. The Morgan fingerprint density at radius 1 is 1.29 bits per heavy atom. The molecule has 92 valence electrons. The van der Waals surface area contributed by atoms with Gasteiger partial charge in [0, 0.05) is 11.3 Å². The van der Waals surface area contributed by atoms with Crippen molar-refractivity contribution in [2.24, 2.45) is 0 Å². The molecule has 0 saturated heterocycles. The van der Waals surface area contributed by atoms with Gasteiger partial charge in [-0.05, 0) is 37.0 Å². The van der Waals surface area contributed by atoms with Crippen molar-refractivity contribution < 1.29 is 4.79 Å². The topological polar surface area (TPSA) is 29.1 Å². The number of benzene rings is 1. The van der Waals surface area contributed by atoms with Crippen LogP contribution in [0.3, 0.4) is 0 Å². The van der Waals surface area contributed by atoms with Crippen molar-refractivity contribution in [1.29, 1.82) is 0 Å². The van der Waals surface area contributed by atoms with Crippen molar-refractivity contribution in [3.63, 3.8) is 0 Å². The van der Waals surface area contributed by atoms with E-state index < -0.39 is 0 Å². The summed E-state index contributed by atoms with van der Waals surface area (Å²) in [6.07, 6.45) is 2.81. The van der Waals surface area contributed by atoms with Crippen LogP contribution in [0.4, 0.5) is 5.69 Å². The Labute approximate surface area is 104 Å². The summed E-state index contributed by atoms with van der Waals surface area (Å²) in [5.74, 6) is 0.491. The number of allylic oxidation sites excluding steroid dienone is 1. The minimum Gasteiger partial charge on any atom is -0.322 e. The van der Waals surface area contributed by atoms with Gasteiger partial charge in [0.15, 0.2) is 0 Å². The highest BCUT2D eigenvalue weighted by molar-refractivity contribution is 6.03. The lowest BCUT2D eigenvalue weighted by molar-refractivity contribution is -0.112. The maximum absolute atomic E-state index is 11.7. The number of amides is 1. The van der Waals surface area contributed by atoms with Crippen LogP contribution in [0.15, 0.2) is 35.9 Å². The molecule has 0 aliphatic heterocycles. The second-order valence-corrected chi connectivity index (χ2v) is 4.53. The summed E-state index contributed by atoms with van der Waals surface area (Å²) in [7, 11) is 0. The number of nitrogens with one attached hydrogen (secondary N) is 1. The molecule has 0 aliphatic rings. The van der Waals surface area contributed by atoms with Crippen molar-refractivity contribution in [2.45, 2.75) is 40.0 Å². The number of hydrogen-bond acceptors (Lipinski definition) is 1. The number of anilines is 1. The van der Waals surface area contributed by atoms with Crippen LogP contribution >= 0.6 is 0 Å². The van der Waals surface area contributed by atoms with E-state index in [1.807, 2.05) is 32.1 Å². The predicted octanol–water partition coefficient (Wildman–Crippen LogP) is 4.10. The molecular formula is C15H21NO. The summed E-state index contributed by atoms with van der Waals surface area (Å²) >= 11 is 0. The normalized spacial score (nSPS) is 11.7. The molecule has 1 aromatic rings. The maximum Gasteiger partial charge on any atom is 0.250 e. The fourth-order valence-electron chi connectivity index (χ4n) is 1.58. The summed E-state index contributed by atoms with van der Waals surface area (Å²) in [6.45, 7) is 8.17. The first kappa shape index (κ1) is 13.5. The Kier molecular flexibility index (Phi) is 4.95. The third-order valence-corrected chi connectivity index (χ3v) is 2.70. The Morgan fingerprint density at radius 3 is 2.35 bits per heavy atom. The van der Waals surface area contributed by atoms with Crippen LogP contribution in [-0.4, -0.2) is 5.91 Å². The van der Waals surface area contributed by atoms with E-state index in [1.54, 1.807) is 0 Å². The molecular weight excluding hydrogens is 210 g/mol. The van der Waals surface area contributed by atoms with E-state index in [0.717, 1.165) is 17.7 Å². The third kappa shape index (κ3) is 4.06. The van der Waals surface area contributed by atoms with E-state index in [4.69, 9.17) is 0 Å². The van der Waals surface area contributed by atoms with Crippen LogP contribution in [0.1, 0.15) is 45.6 Å². The summed E-state index contributed by atoms with van der Waals surface area (Å²) in [6, 6.07) is 8.01. The molecule has 0 fully saturated rings. The van der Waals surface area contributed by atoms with E-state index in [2.05, 4.69) is 31.3 Å². The molecule has 0 saturated carbocycles. The zero-order chi connectivity index (χ0) is 12.8. The molecule has 17 heavy (non-hydrogen) atoms. The predicted molar refractivity (Wildman–Crippen MR) is 73.2 cm³/mol. The molecule has 0 aromatic heterocycles. The molecule has 0 aliphatic carbocycles. The van der Waals surface area contributed by atoms with E-state index in [0.29, 0.717) is 5.92 Å². The van der Waals surface area contributed by atoms with Gasteiger partial charge < -0.3 is 5.32 Å². The van der Waals surface area contributed by atoms with Gasteiger partial charge in [-0.3, -0.25) is 4.79 Å². The van der Waals surface area contributed by atoms with Gasteiger partial charge in [0.2, 0.25) is 0 Å². The maximum atomic E-state index is 11.7. The third-order valence-electron chi connectivity index (χ3n) is 2.70. The molecule has 1 N–H and O–H groups in total. The van der Waals surface area contributed by atoms with E-state index in [1.165, 1.54) is 5.56 Å². The largest absolute Gasteiger partial charge is 0.322 e. The molecule has 1 amide bonds. The Morgan fingerprint density at radius 2 is 1.88 bits per heavy atom. The Balaban J connectivity index is 2.70. The van der Waals surface area contributed by atoms with Gasteiger partial charge >= 0.3 is 0 Å². The smallest absolute Gasteiger partial charge is 0.250 e. The lowest BCUT2D eigenvalue weighted by Gasteiger charge is -2.08. The quantitative estimate of drug-likeness (QED) is 0.776. The van der Waals surface area contributed by atoms with Gasteiger partial charge in [0.05, 0.1) is 0 Å². The zero-order valence-corrected chi connectivity index (χ0v) is 11.1. The summed E-state index contributed by atoms with van der Waals surface area (Å²) in [4.78, 5) is 11.7. The van der Waals surface area contributed by atoms with Crippen molar-refractivity contribution >= 4 is 11.6 Å². The molecule has 2 nitrogen and oxygen atoms in total. The number of carbonyl (C=O) groups excluding carboxylic acids is 1. The van der Waals surface area contributed by atoms with Gasteiger partial charge in [-0.2, -0.15) is 0 Å². The van der Waals surface area contributed by atoms with E-state index in [-0.39, 0.29) is 5.91 Å². The average molecular weight is 231 g/mol. The first-order chi connectivity index (χ1) is 8.04. The van der Waals surface area contributed by atoms with Crippen LogP contribution in [0.5, 0.6) is 0 Å². The van der Waals surface area contributed by atoms with Gasteiger partial charge in [-0.15, -0.1) is 0 Å². The van der Waals surface area contributed by atoms with Crippen molar-refractivity contribution in [1.82, 2.24) is 0 Å². The summed E-state index contributed by atoms with van der Waals surface area (Å²) < 4.78 is 0. The number of hydrogen-bond donors (Lipinski definition) is 1. The van der Waals surface area contributed by atoms with Crippen molar-refractivity contribution in [3.05, 3.63) is 41.5 Å². The second-order valence-electron chi connectivity index (χ2n) is 4.53. The lowest BCUT2D eigenvalue weighted by atomic mass is 10.0. The molecule has 0 spiro atoms. The van der Waals surface area contributed by atoms with Crippen molar-refractivity contribution in [2.75, 3.05) is 5.32 Å². The first-order valence-electron chi connectivity index (χ1n) is 6.12. The molecule has 0 atom stereocenters. The van der Waals surface area contributed by atoms with E-state index in [9.17, 15) is 4.79 Å². The van der Waals surface area contributed by atoms with E-state index >= 15 is 0 Å². The molecule has 0 heterocycles. The standard InChI is InChI=1S/C15H21NO/c1-5-6-12(4)15(17)16-14-9-7-13(8-10-14)11(2)3/h6-11H,5H2,1-4H3,(H,16,17). The molecule has 0 bridgehead atoms. The molecule has 1 rings (SSSR count). The minimum absolute atomic E-state index is 0.0239. The van der Waals surface area contributed by atoms with Gasteiger partial charge in [0.25, 0.3) is 5.91 Å². The molecule has 1 aromatic carbocycles. The van der Waals surface area contributed by atoms with Crippen LogP contribution in [0, 0.1) is 0 Å². The highest BCUT2D eigenvalue weighted by Gasteiger charge is 2.04. The van der Waals surface area contributed by atoms with Gasteiger partial charge in [-0.1, -0.05) is 39.0 Å². The van der Waals surface area contributed by atoms with Crippen LogP contribution in [-0.2, 0) is 4.79 Å².